The number of rotatable bonds is 5. The molecule has 134 valence electrons. The largest absolute Gasteiger partial charge is 0.351 e. The zero-order chi connectivity index (χ0) is 18.1. The number of fused-ring (bicyclic) bond motifs is 1. The molecule has 1 aromatic carbocycles. The Morgan fingerprint density at radius 2 is 2.31 bits per heavy atom. The van der Waals surface area contributed by atoms with Crippen molar-refractivity contribution >= 4 is 28.1 Å². The Kier molecular flexibility index (Phi) is 4.42. The van der Waals surface area contributed by atoms with E-state index < -0.39 is 0 Å². The SMILES string of the molecule is O=C(Cc1cn2ccsc2n1)NC1CC(=O)N(Cc2cccc(F)c2)C1. The highest BCUT2D eigenvalue weighted by Gasteiger charge is 2.30. The third-order valence-corrected chi connectivity index (χ3v) is 5.10. The second kappa shape index (κ2) is 6.87. The summed E-state index contributed by atoms with van der Waals surface area (Å²) in [5.74, 6) is -0.512. The molecule has 26 heavy (non-hydrogen) atoms. The maximum absolute atomic E-state index is 13.3. The summed E-state index contributed by atoms with van der Waals surface area (Å²) in [6, 6.07) is 5.97. The van der Waals surface area contributed by atoms with Gasteiger partial charge in [0.1, 0.15) is 5.82 Å². The van der Waals surface area contributed by atoms with Crippen LogP contribution in [-0.2, 0) is 22.6 Å². The van der Waals surface area contributed by atoms with Gasteiger partial charge in [0.15, 0.2) is 4.96 Å². The number of imidazole rings is 1. The lowest BCUT2D eigenvalue weighted by atomic mass is 10.2. The Balaban J connectivity index is 1.33. The highest BCUT2D eigenvalue weighted by molar-refractivity contribution is 7.15. The van der Waals surface area contributed by atoms with Gasteiger partial charge in [-0.25, -0.2) is 9.37 Å². The summed E-state index contributed by atoms with van der Waals surface area (Å²) in [6.45, 7) is 0.777. The minimum Gasteiger partial charge on any atom is -0.351 e. The predicted octanol–water partition coefficient (Wildman–Crippen LogP) is 1.99. The summed E-state index contributed by atoms with van der Waals surface area (Å²) in [5.41, 5.74) is 1.44. The van der Waals surface area contributed by atoms with Gasteiger partial charge in [0.05, 0.1) is 18.2 Å². The third-order valence-electron chi connectivity index (χ3n) is 4.33. The van der Waals surface area contributed by atoms with Crippen LogP contribution in [0.25, 0.3) is 4.96 Å². The average Bonchev–Trinajstić information content (AvgIpc) is 3.23. The molecule has 1 unspecified atom stereocenters. The second-order valence-corrected chi connectivity index (χ2v) is 7.25. The monoisotopic (exact) mass is 372 g/mol. The third kappa shape index (κ3) is 3.60. The van der Waals surface area contributed by atoms with Crippen molar-refractivity contribution in [2.24, 2.45) is 0 Å². The van der Waals surface area contributed by atoms with Crippen molar-refractivity contribution < 1.29 is 14.0 Å². The summed E-state index contributed by atoms with van der Waals surface area (Å²) in [4.78, 5) is 31.3. The Bertz CT molecular complexity index is 938. The summed E-state index contributed by atoms with van der Waals surface area (Å²) in [6.07, 6.45) is 4.18. The highest BCUT2D eigenvalue weighted by atomic mass is 32.1. The van der Waals surface area contributed by atoms with Crippen molar-refractivity contribution in [3.63, 3.8) is 0 Å². The Hall–Kier alpha value is -2.74. The molecule has 0 saturated carbocycles. The van der Waals surface area contributed by atoms with Crippen LogP contribution in [-0.4, -0.2) is 38.7 Å². The number of aromatic nitrogens is 2. The van der Waals surface area contributed by atoms with E-state index in [0.29, 0.717) is 18.8 Å². The summed E-state index contributed by atoms with van der Waals surface area (Å²) in [5, 5.41) is 4.83. The number of hydrogen-bond acceptors (Lipinski definition) is 4. The van der Waals surface area contributed by atoms with E-state index in [-0.39, 0.29) is 36.5 Å². The molecule has 1 aliphatic rings. The zero-order valence-corrected chi connectivity index (χ0v) is 14.7. The van der Waals surface area contributed by atoms with Crippen molar-refractivity contribution in [1.82, 2.24) is 19.6 Å². The quantitative estimate of drug-likeness (QED) is 0.745. The van der Waals surface area contributed by atoms with Crippen LogP contribution in [0.3, 0.4) is 0 Å². The maximum Gasteiger partial charge on any atom is 0.226 e. The molecule has 8 heteroatoms. The molecule has 6 nitrogen and oxygen atoms in total. The van der Waals surface area contributed by atoms with Crippen molar-refractivity contribution in [3.05, 3.63) is 59.1 Å². The number of halogens is 1. The molecule has 0 radical (unpaired) electrons. The fourth-order valence-corrected chi connectivity index (χ4v) is 3.90. The Labute approximate surface area is 153 Å². The predicted molar refractivity (Wildman–Crippen MR) is 95.1 cm³/mol. The number of benzene rings is 1. The number of hydrogen-bond donors (Lipinski definition) is 1. The first-order chi connectivity index (χ1) is 12.6. The van der Waals surface area contributed by atoms with Crippen molar-refractivity contribution in [1.29, 1.82) is 0 Å². The van der Waals surface area contributed by atoms with E-state index in [1.165, 1.54) is 23.5 Å². The molecule has 1 saturated heterocycles. The van der Waals surface area contributed by atoms with Crippen LogP contribution in [0.5, 0.6) is 0 Å². The number of likely N-dealkylation sites (tertiary alicyclic amines) is 1. The van der Waals surface area contributed by atoms with Crippen LogP contribution in [0.1, 0.15) is 17.7 Å². The fourth-order valence-electron chi connectivity index (χ4n) is 3.18. The Morgan fingerprint density at radius 1 is 1.42 bits per heavy atom. The van der Waals surface area contributed by atoms with Gasteiger partial charge in [-0.05, 0) is 17.7 Å². The first kappa shape index (κ1) is 16.7. The number of carbonyl (C=O) groups is 2. The molecule has 1 N–H and O–H groups in total. The lowest BCUT2D eigenvalue weighted by molar-refractivity contribution is -0.128. The number of amides is 2. The van der Waals surface area contributed by atoms with Crippen molar-refractivity contribution in [3.8, 4) is 0 Å². The van der Waals surface area contributed by atoms with E-state index in [9.17, 15) is 14.0 Å². The molecule has 0 bridgehead atoms. The molecule has 3 aromatic rings. The molecular formula is C18H17FN4O2S. The summed E-state index contributed by atoms with van der Waals surface area (Å²) in [7, 11) is 0. The minimum absolute atomic E-state index is 0.0398. The highest BCUT2D eigenvalue weighted by Crippen LogP contribution is 2.16. The number of carbonyl (C=O) groups excluding carboxylic acids is 2. The van der Waals surface area contributed by atoms with Gasteiger partial charge in [-0.2, -0.15) is 0 Å². The molecule has 2 amide bonds. The van der Waals surface area contributed by atoms with E-state index in [2.05, 4.69) is 10.3 Å². The van der Waals surface area contributed by atoms with E-state index in [1.54, 1.807) is 17.0 Å². The van der Waals surface area contributed by atoms with E-state index in [1.807, 2.05) is 22.2 Å². The normalized spacial score (nSPS) is 17.2. The van der Waals surface area contributed by atoms with Gasteiger partial charge < -0.3 is 10.2 Å². The maximum atomic E-state index is 13.3. The number of thiazole rings is 1. The fraction of sp³-hybridized carbons (Fsp3) is 0.278. The van der Waals surface area contributed by atoms with E-state index in [0.717, 1.165) is 10.5 Å². The first-order valence-corrected chi connectivity index (χ1v) is 9.17. The van der Waals surface area contributed by atoms with Crippen molar-refractivity contribution in [2.45, 2.75) is 25.4 Å². The zero-order valence-electron chi connectivity index (χ0n) is 13.9. The van der Waals surface area contributed by atoms with Crippen molar-refractivity contribution in [2.75, 3.05) is 6.54 Å². The first-order valence-electron chi connectivity index (χ1n) is 8.29. The molecule has 2 aromatic heterocycles. The van der Waals surface area contributed by atoms with Gasteiger partial charge in [0.2, 0.25) is 11.8 Å². The molecule has 0 spiro atoms. The average molecular weight is 372 g/mol. The number of nitrogens with one attached hydrogen (secondary N) is 1. The Morgan fingerprint density at radius 3 is 3.12 bits per heavy atom. The molecule has 1 aliphatic heterocycles. The molecular weight excluding hydrogens is 355 g/mol. The summed E-state index contributed by atoms with van der Waals surface area (Å²) < 4.78 is 15.2. The van der Waals surface area contributed by atoms with Crippen LogP contribution in [0, 0.1) is 5.82 Å². The topological polar surface area (TPSA) is 66.7 Å². The molecule has 1 atom stereocenters. The number of nitrogens with zero attached hydrogens (tertiary/aromatic N) is 3. The van der Waals surface area contributed by atoms with Crippen LogP contribution >= 0.6 is 11.3 Å². The lowest BCUT2D eigenvalue weighted by Gasteiger charge is -2.17. The van der Waals surface area contributed by atoms with Gasteiger partial charge in [-0.15, -0.1) is 11.3 Å². The van der Waals surface area contributed by atoms with E-state index in [4.69, 9.17) is 0 Å². The molecule has 3 heterocycles. The van der Waals surface area contributed by atoms with Crippen LogP contribution in [0.15, 0.2) is 42.0 Å². The van der Waals surface area contributed by atoms with E-state index >= 15 is 0 Å². The van der Waals surface area contributed by atoms with Gasteiger partial charge in [-0.1, -0.05) is 12.1 Å². The smallest absolute Gasteiger partial charge is 0.226 e. The molecule has 4 rings (SSSR count). The van der Waals surface area contributed by atoms with Gasteiger partial charge in [0, 0.05) is 37.3 Å². The molecule has 0 aliphatic carbocycles. The molecule has 1 fully saturated rings. The second-order valence-electron chi connectivity index (χ2n) is 6.37. The van der Waals surface area contributed by atoms with Gasteiger partial charge in [-0.3, -0.25) is 14.0 Å². The van der Waals surface area contributed by atoms with Gasteiger partial charge >= 0.3 is 0 Å². The minimum atomic E-state index is -0.320. The lowest BCUT2D eigenvalue weighted by Crippen LogP contribution is -2.37. The summed E-state index contributed by atoms with van der Waals surface area (Å²) >= 11 is 1.51. The van der Waals surface area contributed by atoms with Gasteiger partial charge in [0.25, 0.3) is 0 Å². The van der Waals surface area contributed by atoms with Crippen LogP contribution in [0.2, 0.25) is 0 Å². The van der Waals surface area contributed by atoms with Crippen LogP contribution in [0.4, 0.5) is 4.39 Å². The van der Waals surface area contributed by atoms with Crippen LogP contribution < -0.4 is 5.32 Å². The standard InChI is InChI=1S/C18H17FN4O2S/c19-13-3-1-2-12(6-13)9-23-11-15(8-17(23)25)20-16(24)7-14-10-22-4-5-26-18(22)21-14/h1-6,10,15H,7-9,11H2,(H,20,24).